The van der Waals surface area contributed by atoms with Crippen LogP contribution < -0.4 is 16.4 Å². The molecule has 2 aliphatic rings. The lowest BCUT2D eigenvalue weighted by Crippen LogP contribution is -2.51. The highest BCUT2D eigenvalue weighted by Crippen LogP contribution is 2.48. The first kappa shape index (κ1) is 28.9. The molecular formula is C31H42N5O2P. The third kappa shape index (κ3) is 6.09. The van der Waals surface area contributed by atoms with Gasteiger partial charge in [-0.15, -0.1) is 9.24 Å². The molecule has 2 aromatic rings. The summed E-state index contributed by atoms with van der Waals surface area (Å²) in [5.41, 5.74) is 8.89. The maximum Gasteiger partial charge on any atom is 0.275 e. The van der Waals surface area contributed by atoms with Crippen LogP contribution in [0.1, 0.15) is 92.4 Å². The quantitative estimate of drug-likeness (QED) is 0.236. The zero-order chi connectivity index (χ0) is 28.3. The molecule has 4 N–H and O–H groups in total. The molecule has 208 valence electrons. The van der Waals surface area contributed by atoms with Crippen molar-refractivity contribution in [2.75, 3.05) is 6.54 Å². The molecule has 1 saturated carbocycles. The van der Waals surface area contributed by atoms with Gasteiger partial charge in [-0.25, -0.2) is 0 Å². The van der Waals surface area contributed by atoms with Crippen LogP contribution in [0, 0.1) is 24.2 Å². The molecule has 0 radical (unpaired) electrons. The number of rotatable bonds is 9. The number of carbonyl (C=O) groups is 2. The number of hydrogen-bond donors (Lipinski definition) is 3. The van der Waals surface area contributed by atoms with Gasteiger partial charge in [0.25, 0.3) is 11.8 Å². The molecule has 8 heteroatoms. The van der Waals surface area contributed by atoms with Crippen LogP contribution in [0.15, 0.2) is 47.5 Å². The molecule has 7 nitrogen and oxygen atoms in total. The van der Waals surface area contributed by atoms with Gasteiger partial charge >= 0.3 is 0 Å². The zero-order valence-corrected chi connectivity index (χ0v) is 24.7. The highest BCUT2D eigenvalue weighted by atomic mass is 31.0. The number of amidine groups is 1. The lowest BCUT2D eigenvalue weighted by molar-refractivity contribution is -0.133. The van der Waals surface area contributed by atoms with E-state index in [0.29, 0.717) is 23.1 Å². The Bertz CT molecular complexity index is 1260. The predicted molar refractivity (Wildman–Crippen MR) is 162 cm³/mol. The second kappa shape index (κ2) is 12.0. The summed E-state index contributed by atoms with van der Waals surface area (Å²) in [6.45, 7) is 8.79. The predicted octanol–water partition coefficient (Wildman–Crippen LogP) is 4.88. The standard InChI is InChI=1S/C31H42N5O2P/c1-5-6-25(22-7-9-23(10-8-22)29(37)34-18-27(32)33)36-30(38)28(24-11-12-26(39)20(4)17-24)35-31(36)15-13-21(14-16-31)19(2)3/h7-12,17,19,21,25H,5-6,13-16,18,39H2,1-4H3,(H3,32,33)(H,34,37). The molecule has 0 bridgehead atoms. The van der Waals surface area contributed by atoms with E-state index in [-0.39, 0.29) is 30.2 Å². The largest absolute Gasteiger partial charge is 0.386 e. The molecule has 0 aromatic heterocycles. The minimum absolute atomic E-state index is 0.00405. The van der Waals surface area contributed by atoms with Crippen LogP contribution in [-0.4, -0.2) is 40.5 Å². The number of benzene rings is 2. The van der Waals surface area contributed by atoms with Crippen molar-refractivity contribution in [3.8, 4) is 0 Å². The van der Waals surface area contributed by atoms with Crippen molar-refractivity contribution < 1.29 is 9.59 Å². The number of amides is 2. The molecule has 0 saturated heterocycles. The molecule has 1 spiro atoms. The van der Waals surface area contributed by atoms with Crippen LogP contribution in [0.4, 0.5) is 0 Å². The molecule has 1 aliphatic heterocycles. The first-order valence-electron chi connectivity index (χ1n) is 14.1. The Labute approximate surface area is 234 Å². The van der Waals surface area contributed by atoms with Gasteiger partial charge in [-0.3, -0.25) is 20.0 Å². The molecule has 1 heterocycles. The van der Waals surface area contributed by atoms with Gasteiger partial charge < -0.3 is 16.0 Å². The second-order valence-corrected chi connectivity index (χ2v) is 12.0. The Kier molecular flexibility index (Phi) is 8.90. The van der Waals surface area contributed by atoms with Gasteiger partial charge in [-0.1, -0.05) is 51.5 Å². The van der Waals surface area contributed by atoms with Crippen molar-refractivity contribution in [2.45, 2.75) is 77.9 Å². The molecular weight excluding hydrogens is 505 g/mol. The van der Waals surface area contributed by atoms with E-state index >= 15 is 0 Å². The van der Waals surface area contributed by atoms with Crippen LogP contribution in [0.5, 0.6) is 0 Å². The summed E-state index contributed by atoms with van der Waals surface area (Å²) in [5.74, 6) is 0.884. The van der Waals surface area contributed by atoms with Gasteiger partial charge in [0.15, 0.2) is 0 Å². The summed E-state index contributed by atoms with van der Waals surface area (Å²) < 4.78 is 0. The van der Waals surface area contributed by atoms with E-state index in [1.807, 2.05) is 24.3 Å². The first-order valence-corrected chi connectivity index (χ1v) is 14.6. The summed E-state index contributed by atoms with van der Waals surface area (Å²) in [6, 6.07) is 13.5. The maximum atomic E-state index is 14.3. The van der Waals surface area contributed by atoms with Crippen molar-refractivity contribution in [3.63, 3.8) is 0 Å². The fourth-order valence-corrected chi connectivity index (χ4v) is 6.21. The normalized spacial score (nSPS) is 21.8. The summed E-state index contributed by atoms with van der Waals surface area (Å²) in [4.78, 5) is 34.2. The summed E-state index contributed by atoms with van der Waals surface area (Å²) in [7, 11) is 2.75. The van der Waals surface area contributed by atoms with Gasteiger partial charge in [0.2, 0.25) is 0 Å². The SMILES string of the molecule is CCCC(c1ccc(C(=O)NCC(=N)N)cc1)N1C(=O)C(c2ccc(P)c(C)c2)=NC12CCC(C(C)C)CC2. The number of nitrogens with one attached hydrogen (secondary N) is 2. The highest BCUT2D eigenvalue weighted by Gasteiger charge is 2.51. The smallest absolute Gasteiger partial charge is 0.275 e. The molecule has 39 heavy (non-hydrogen) atoms. The second-order valence-electron chi connectivity index (χ2n) is 11.4. The Morgan fingerprint density at radius 2 is 1.87 bits per heavy atom. The third-order valence-electron chi connectivity index (χ3n) is 8.38. The van der Waals surface area contributed by atoms with E-state index < -0.39 is 5.66 Å². The summed E-state index contributed by atoms with van der Waals surface area (Å²) >= 11 is 0. The molecule has 2 amide bonds. The van der Waals surface area contributed by atoms with E-state index in [0.717, 1.165) is 60.5 Å². The van der Waals surface area contributed by atoms with Crippen LogP contribution in [0.2, 0.25) is 0 Å². The molecule has 2 aromatic carbocycles. The van der Waals surface area contributed by atoms with Crippen molar-refractivity contribution in [1.82, 2.24) is 10.2 Å². The molecule has 4 rings (SSSR count). The minimum atomic E-state index is -0.553. The van der Waals surface area contributed by atoms with E-state index in [1.165, 1.54) is 0 Å². The number of nitrogens with zero attached hydrogens (tertiary/aromatic N) is 2. The Hall–Kier alpha value is -3.05. The van der Waals surface area contributed by atoms with Crippen molar-refractivity contribution in [1.29, 1.82) is 5.41 Å². The number of aryl methyl sites for hydroxylation is 1. The van der Waals surface area contributed by atoms with Gasteiger partial charge in [0, 0.05) is 11.1 Å². The van der Waals surface area contributed by atoms with E-state index in [2.05, 4.69) is 53.2 Å². The third-order valence-corrected chi connectivity index (χ3v) is 9.03. The fraction of sp³-hybridized carbons (Fsp3) is 0.484. The maximum absolute atomic E-state index is 14.3. The zero-order valence-electron chi connectivity index (χ0n) is 23.6. The molecule has 1 fully saturated rings. The highest BCUT2D eigenvalue weighted by molar-refractivity contribution is 7.27. The van der Waals surface area contributed by atoms with E-state index in [9.17, 15) is 9.59 Å². The average molecular weight is 548 g/mol. The van der Waals surface area contributed by atoms with Crippen LogP contribution in [-0.2, 0) is 4.79 Å². The summed E-state index contributed by atoms with van der Waals surface area (Å²) in [5, 5.41) is 11.1. The first-order chi connectivity index (χ1) is 18.6. The van der Waals surface area contributed by atoms with Crippen LogP contribution >= 0.6 is 9.24 Å². The average Bonchev–Trinajstić information content (AvgIpc) is 3.18. The monoisotopic (exact) mass is 547 g/mol. The lowest BCUT2D eigenvalue weighted by atomic mass is 9.76. The topological polar surface area (TPSA) is 112 Å². The number of aliphatic imine (C=N–C) groups is 1. The molecule has 1 aliphatic carbocycles. The van der Waals surface area contributed by atoms with E-state index in [1.54, 1.807) is 12.1 Å². The van der Waals surface area contributed by atoms with Crippen LogP contribution in [0.3, 0.4) is 0 Å². The van der Waals surface area contributed by atoms with Crippen molar-refractivity contribution in [3.05, 3.63) is 64.7 Å². The fourth-order valence-electron chi connectivity index (χ4n) is 6.03. The molecule has 2 unspecified atom stereocenters. The minimum Gasteiger partial charge on any atom is -0.386 e. The number of carbonyl (C=O) groups excluding carboxylic acids is 2. The van der Waals surface area contributed by atoms with Gasteiger partial charge in [0.05, 0.1) is 12.6 Å². The summed E-state index contributed by atoms with van der Waals surface area (Å²) in [6.07, 6.45) is 5.54. The Balaban J connectivity index is 1.71. The van der Waals surface area contributed by atoms with E-state index in [4.69, 9.17) is 16.1 Å². The van der Waals surface area contributed by atoms with Gasteiger partial charge in [-0.05, 0) is 85.5 Å². The molecule has 2 atom stereocenters. The number of hydrogen-bond acceptors (Lipinski definition) is 4. The lowest BCUT2D eigenvalue weighted by Gasteiger charge is -2.46. The van der Waals surface area contributed by atoms with Gasteiger partial charge in [-0.2, -0.15) is 0 Å². The Morgan fingerprint density at radius 1 is 1.21 bits per heavy atom. The van der Waals surface area contributed by atoms with Crippen LogP contribution in [0.25, 0.3) is 0 Å². The van der Waals surface area contributed by atoms with Gasteiger partial charge in [0.1, 0.15) is 17.2 Å². The van der Waals surface area contributed by atoms with Crippen molar-refractivity contribution >= 4 is 37.9 Å². The number of nitrogens with two attached hydrogens (primary N) is 1. The van der Waals surface area contributed by atoms with Crippen molar-refractivity contribution in [2.24, 2.45) is 22.6 Å². The Morgan fingerprint density at radius 3 is 2.44 bits per heavy atom.